The maximum Gasteiger partial charge on any atom is 0.352 e. The second-order valence-corrected chi connectivity index (χ2v) is 4.86. The molecule has 0 aliphatic rings. The number of carbonyl (C=O) groups is 1. The van der Waals surface area contributed by atoms with Crippen molar-refractivity contribution in [1.29, 1.82) is 0 Å². The van der Waals surface area contributed by atoms with Crippen LogP contribution in [-0.4, -0.2) is 5.91 Å². The Morgan fingerprint density at radius 2 is 1.65 bits per heavy atom. The van der Waals surface area contributed by atoms with Gasteiger partial charge in [-0.25, -0.2) is 4.39 Å². The minimum absolute atomic E-state index is 0.121. The number of hydrogen-bond donors (Lipinski definition) is 1. The number of amides is 1. The first-order chi connectivity index (χ1) is 7.58. The molecule has 1 aromatic rings. The first kappa shape index (κ1) is 13.5. The molecule has 0 fully saturated rings. The summed E-state index contributed by atoms with van der Waals surface area (Å²) in [5.41, 5.74) is 3.09. The molecule has 0 aliphatic heterocycles. The van der Waals surface area contributed by atoms with E-state index in [0.717, 1.165) is 6.07 Å². The monoisotopic (exact) mass is 245 g/mol. The lowest BCUT2D eigenvalue weighted by atomic mass is 9.85. The van der Waals surface area contributed by atoms with E-state index < -0.39 is 28.6 Å². The van der Waals surface area contributed by atoms with Gasteiger partial charge in [-0.15, -0.1) is 0 Å². The van der Waals surface area contributed by atoms with E-state index in [1.165, 1.54) is 12.1 Å². The number of halogens is 3. The van der Waals surface area contributed by atoms with Gasteiger partial charge >= 0.3 is 5.92 Å². The Morgan fingerprint density at radius 3 is 2.06 bits per heavy atom. The number of alkyl halides is 2. The second-order valence-electron chi connectivity index (χ2n) is 4.86. The summed E-state index contributed by atoms with van der Waals surface area (Å²) in [6, 6.07) is 3.57. The lowest BCUT2D eigenvalue weighted by Crippen LogP contribution is -2.34. The van der Waals surface area contributed by atoms with E-state index in [2.05, 4.69) is 5.73 Å². The van der Waals surface area contributed by atoms with Crippen molar-refractivity contribution < 1.29 is 18.0 Å². The zero-order valence-corrected chi connectivity index (χ0v) is 9.85. The van der Waals surface area contributed by atoms with Crippen molar-refractivity contribution in [3.63, 3.8) is 0 Å². The van der Waals surface area contributed by atoms with Gasteiger partial charge in [-0.2, -0.15) is 8.78 Å². The Labute approximate surface area is 97.6 Å². The zero-order chi connectivity index (χ0) is 13.4. The molecule has 94 valence electrons. The van der Waals surface area contributed by atoms with E-state index >= 15 is 0 Å². The molecule has 0 bridgehead atoms. The molecule has 0 saturated heterocycles. The molecule has 1 amide bonds. The van der Waals surface area contributed by atoms with E-state index in [1.54, 1.807) is 20.8 Å². The molecule has 0 aliphatic carbocycles. The first-order valence-corrected chi connectivity index (χ1v) is 5.05. The van der Waals surface area contributed by atoms with Crippen LogP contribution in [0.2, 0.25) is 0 Å². The molecule has 2 nitrogen and oxygen atoms in total. The van der Waals surface area contributed by atoms with E-state index in [9.17, 15) is 18.0 Å². The molecule has 0 unspecified atom stereocenters. The van der Waals surface area contributed by atoms with Crippen LogP contribution in [0.3, 0.4) is 0 Å². The Kier molecular flexibility index (Phi) is 3.23. The summed E-state index contributed by atoms with van der Waals surface area (Å²) in [6.45, 7) is 5.08. The normalized spacial score (nSPS) is 12.6. The molecule has 0 aromatic heterocycles. The molecular weight excluding hydrogens is 231 g/mol. The standard InChI is InChI=1S/C12H14F3NO/c1-11(2,3)7-5-4-6-8(9(7)13)12(14,15)10(16)17/h4-6H,1-3H3,(H2,16,17). The van der Waals surface area contributed by atoms with Crippen LogP contribution in [0.15, 0.2) is 18.2 Å². The highest BCUT2D eigenvalue weighted by molar-refractivity contribution is 5.83. The molecule has 0 atom stereocenters. The summed E-state index contributed by atoms with van der Waals surface area (Å²) in [5.74, 6) is -6.93. The van der Waals surface area contributed by atoms with Crippen molar-refractivity contribution in [2.24, 2.45) is 5.73 Å². The van der Waals surface area contributed by atoms with Gasteiger partial charge in [0.2, 0.25) is 0 Å². The van der Waals surface area contributed by atoms with Gasteiger partial charge in [-0.3, -0.25) is 4.79 Å². The fraction of sp³-hybridized carbons (Fsp3) is 0.417. The lowest BCUT2D eigenvalue weighted by Gasteiger charge is -2.22. The number of nitrogens with two attached hydrogens (primary N) is 1. The molecular formula is C12H14F3NO. The molecule has 0 spiro atoms. The smallest absolute Gasteiger partial charge is 0.352 e. The van der Waals surface area contributed by atoms with Gasteiger partial charge in [-0.05, 0) is 17.0 Å². The van der Waals surface area contributed by atoms with Gasteiger partial charge in [0.15, 0.2) is 0 Å². The van der Waals surface area contributed by atoms with Crippen LogP contribution in [0.4, 0.5) is 13.2 Å². The van der Waals surface area contributed by atoms with Gasteiger partial charge in [-0.1, -0.05) is 32.9 Å². The Balaban J connectivity index is 3.44. The zero-order valence-electron chi connectivity index (χ0n) is 9.85. The predicted molar refractivity (Wildman–Crippen MR) is 58.2 cm³/mol. The Bertz CT molecular complexity index is 450. The molecule has 5 heteroatoms. The van der Waals surface area contributed by atoms with E-state index in [4.69, 9.17) is 0 Å². The van der Waals surface area contributed by atoms with Gasteiger partial charge < -0.3 is 5.73 Å². The number of carbonyl (C=O) groups excluding carboxylic acids is 1. The van der Waals surface area contributed by atoms with E-state index in [1.807, 2.05) is 0 Å². The van der Waals surface area contributed by atoms with Crippen molar-refractivity contribution in [2.45, 2.75) is 32.1 Å². The second kappa shape index (κ2) is 4.05. The van der Waals surface area contributed by atoms with Crippen LogP contribution in [0.25, 0.3) is 0 Å². The fourth-order valence-electron chi connectivity index (χ4n) is 1.49. The van der Waals surface area contributed by atoms with Crippen LogP contribution in [0, 0.1) is 5.82 Å². The van der Waals surface area contributed by atoms with Crippen LogP contribution in [0.1, 0.15) is 31.9 Å². The van der Waals surface area contributed by atoms with Crippen molar-refractivity contribution >= 4 is 5.91 Å². The Morgan fingerprint density at radius 1 is 1.18 bits per heavy atom. The van der Waals surface area contributed by atoms with Crippen molar-refractivity contribution in [2.75, 3.05) is 0 Å². The topological polar surface area (TPSA) is 43.1 Å². The number of benzene rings is 1. The molecule has 0 radical (unpaired) electrons. The minimum Gasteiger partial charge on any atom is -0.364 e. The highest BCUT2D eigenvalue weighted by Crippen LogP contribution is 2.34. The molecule has 1 aromatic carbocycles. The minimum atomic E-state index is -3.99. The average Bonchev–Trinajstić information content (AvgIpc) is 2.15. The SMILES string of the molecule is CC(C)(C)c1cccc(C(F)(F)C(N)=O)c1F. The summed E-state index contributed by atoms with van der Waals surface area (Å²) >= 11 is 0. The summed E-state index contributed by atoms with van der Waals surface area (Å²) < 4.78 is 40.7. The Hall–Kier alpha value is -1.52. The van der Waals surface area contributed by atoms with Crippen molar-refractivity contribution in [1.82, 2.24) is 0 Å². The van der Waals surface area contributed by atoms with Gasteiger partial charge in [0.05, 0.1) is 5.56 Å². The summed E-state index contributed by atoms with van der Waals surface area (Å²) in [5, 5.41) is 0. The average molecular weight is 245 g/mol. The largest absolute Gasteiger partial charge is 0.364 e. The van der Waals surface area contributed by atoms with Crippen LogP contribution >= 0.6 is 0 Å². The van der Waals surface area contributed by atoms with Gasteiger partial charge in [0.25, 0.3) is 5.91 Å². The summed E-state index contributed by atoms with van der Waals surface area (Å²) in [7, 11) is 0. The highest BCUT2D eigenvalue weighted by Gasteiger charge is 2.42. The number of hydrogen-bond acceptors (Lipinski definition) is 1. The van der Waals surface area contributed by atoms with Crippen molar-refractivity contribution in [3.05, 3.63) is 35.1 Å². The molecule has 0 heterocycles. The van der Waals surface area contributed by atoms with E-state index in [0.29, 0.717) is 0 Å². The van der Waals surface area contributed by atoms with Gasteiger partial charge in [0.1, 0.15) is 5.82 Å². The van der Waals surface area contributed by atoms with Crippen LogP contribution in [-0.2, 0) is 16.1 Å². The third-order valence-corrected chi connectivity index (χ3v) is 2.45. The number of primary amides is 1. The third-order valence-electron chi connectivity index (χ3n) is 2.45. The molecule has 1 rings (SSSR count). The van der Waals surface area contributed by atoms with Crippen molar-refractivity contribution in [3.8, 4) is 0 Å². The summed E-state index contributed by atoms with van der Waals surface area (Å²) in [6.07, 6.45) is 0. The van der Waals surface area contributed by atoms with E-state index in [-0.39, 0.29) is 5.56 Å². The molecule has 2 N–H and O–H groups in total. The molecule has 0 saturated carbocycles. The summed E-state index contributed by atoms with van der Waals surface area (Å²) in [4.78, 5) is 10.6. The van der Waals surface area contributed by atoms with Gasteiger partial charge in [0, 0.05) is 0 Å². The maximum atomic E-state index is 13.9. The fourth-order valence-corrected chi connectivity index (χ4v) is 1.49. The highest BCUT2D eigenvalue weighted by atomic mass is 19.3. The predicted octanol–water partition coefficient (Wildman–Crippen LogP) is 2.70. The number of rotatable bonds is 2. The quantitative estimate of drug-likeness (QED) is 0.855. The van der Waals surface area contributed by atoms with Crippen LogP contribution < -0.4 is 5.73 Å². The first-order valence-electron chi connectivity index (χ1n) is 5.05. The lowest BCUT2D eigenvalue weighted by molar-refractivity contribution is -0.143. The van der Waals surface area contributed by atoms with Crippen LogP contribution in [0.5, 0.6) is 0 Å². The molecule has 17 heavy (non-hydrogen) atoms. The maximum absolute atomic E-state index is 13.9. The third kappa shape index (κ3) is 2.43.